The van der Waals surface area contributed by atoms with Crippen molar-refractivity contribution in [2.45, 2.75) is 90.9 Å². The number of nitrogens with zero attached hydrogens (tertiary/aromatic N) is 2. The molecule has 11 aromatic carbocycles. The van der Waals surface area contributed by atoms with Crippen molar-refractivity contribution in [3.05, 3.63) is 272 Å². The highest BCUT2D eigenvalue weighted by molar-refractivity contribution is 6.99. The summed E-state index contributed by atoms with van der Waals surface area (Å²) >= 11 is 0. The quantitative estimate of drug-likeness (QED) is 0.100. The lowest BCUT2D eigenvalue weighted by Gasteiger charge is -2.42. The average Bonchev–Trinajstić information content (AvgIpc) is 0.821. The molecule has 1 atom stereocenters. The minimum absolute atomic E-state index is 0.00768. The van der Waals surface area contributed by atoms with Crippen LogP contribution in [0.15, 0.2) is 250 Å². The molecule has 4 heteroatoms. The van der Waals surface area contributed by atoms with Crippen molar-refractivity contribution in [1.82, 2.24) is 4.57 Å². The SMILES string of the molecule is C=CCC(C=C)c1cc(-n2c3ccc(C(C)(C)C)cc3c3cc(C(C)(C)C)ccc32)cc2c1Oc1cc(-c3ccc(C(C)(C)C)cc3)cc3c1B2c1cc(-c2ccccc2)c(-c2ccccc2)cc1N3c1ccc2ccccc2c1-c1ccccc1. The Kier molecular flexibility index (Phi) is 13.1. The van der Waals surface area contributed by atoms with E-state index in [-0.39, 0.29) is 28.9 Å². The Bertz CT molecular complexity index is 4590. The molecule has 0 radical (unpaired) electrons. The number of aromatic nitrogens is 1. The number of allylic oxidation sites excluding steroid dienone is 2. The molecule has 0 fully saturated rings. The molecule has 420 valence electrons. The van der Waals surface area contributed by atoms with E-state index >= 15 is 0 Å². The van der Waals surface area contributed by atoms with Gasteiger partial charge in [0, 0.05) is 44.9 Å². The van der Waals surface area contributed by atoms with Gasteiger partial charge in [-0.05, 0) is 166 Å². The molecule has 2 aliphatic heterocycles. The van der Waals surface area contributed by atoms with Crippen LogP contribution in [0, 0.1) is 0 Å². The molecule has 0 N–H and O–H groups in total. The van der Waals surface area contributed by atoms with E-state index in [9.17, 15) is 0 Å². The first-order valence-corrected chi connectivity index (χ1v) is 30.6. The second kappa shape index (κ2) is 20.7. The minimum Gasteiger partial charge on any atom is -0.458 e. The van der Waals surface area contributed by atoms with Crippen molar-refractivity contribution in [3.63, 3.8) is 0 Å². The van der Waals surface area contributed by atoms with E-state index in [0.29, 0.717) is 6.42 Å². The maximum Gasteiger partial charge on any atom is 0.256 e. The first-order valence-electron chi connectivity index (χ1n) is 30.6. The van der Waals surface area contributed by atoms with E-state index < -0.39 is 0 Å². The zero-order chi connectivity index (χ0) is 59.4. The Morgan fingerprint density at radius 1 is 0.453 bits per heavy atom. The second-order valence-electron chi connectivity index (χ2n) is 27.0. The van der Waals surface area contributed by atoms with Crippen LogP contribution in [-0.4, -0.2) is 11.3 Å². The van der Waals surface area contributed by atoms with Gasteiger partial charge >= 0.3 is 0 Å². The van der Waals surface area contributed by atoms with E-state index in [2.05, 4.69) is 315 Å². The van der Waals surface area contributed by atoms with Crippen LogP contribution in [0.3, 0.4) is 0 Å². The Balaban J connectivity index is 1.14. The van der Waals surface area contributed by atoms with E-state index in [1.165, 1.54) is 65.9 Å². The van der Waals surface area contributed by atoms with Crippen LogP contribution in [-0.2, 0) is 16.2 Å². The van der Waals surface area contributed by atoms with Gasteiger partial charge in [-0.15, -0.1) is 13.2 Å². The first-order chi connectivity index (χ1) is 41.5. The summed E-state index contributed by atoms with van der Waals surface area (Å²) < 4.78 is 10.4. The average molecular weight is 1110 g/mol. The number of anilines is 3. The van der Waals surface area contributed by atoms with Crippen LogP contribution in [0.1, 0.15) is 96.9 Å². The largest absolute Gasteiger partial charge is 0.458 e. The first kappa shape index (κ1) is 54.6. The van der Waals surface area contributed by atoms with E-state index in [0.717, 1.165) is 84.1 Å². The van der Waals surface area contributed by atoms with Crippen molar-refractivity contribution < 1.29 is 4.74 Å². The summed E-state index contributed by atoms with van der Waals surface area (Å²) in [7, 11) is 0. The lowest BCUT2D eigenvalue weighted by atomic mass is 9.33. The lowest BCUT2D eigenvalue weighted by molar-refractivity contribution is 0.478. The zero-order valence-corrected chi connectivity index (χ0v) is 51.1. The van der Waals surface area contributed by atoms with Gasteiger partial charge in [-0.1, -0.05) is 238 Å². The number of fused-ring (bicyclic) bond motifs is 8. The van der Waals surface area contributed by atoms with Crippen molar-refractivity contribution in [3.8, 4) is 61.7 Å². The van der Waals surface area contributed by atoms with Crippen molar-refractivity contribution in [2.24, 2.45) is 0 Å². The highest BCUT2D eigenvalue weighted by atomic mass is 16.5. The lowest BCUT2D eigenvalue weighted by Crippen LogP contribution is -2.60. The van der Waals surface area contributed by atoms with E-state index in [4.69, 9.17) is 4.74 Å². The van der Waals surface area contributed by atoms with Crippen molar-refractivity contribution in [2.75, 3.05) is 4.90 Å². The molecule has 12 aromatic rings. The van der Waals surface area contributed by atoms with Crippen LogP contribution >= 0.6 is 0 Å². The molecule has 0 bridgehead atoms. The van der Waals surface area contributed by atoms with Gasteiger partial charge in [0.1, 0.15) is 11.5 Å². The molecular weight excluding hydrogens is 1040 g/mol. The third-order valence-corrected chi connectivity index (χ3v) is 18.3. The van der Waals surface area contributed by atoms with Gasteiger partial charge in [-0.2, -0.15) is 0 Å². The molecule has 1 unspecified atom stereocenters. The Labute approximate surface area is 508 Å². The fraction of sp³-hybridized carbons (Fsp3) is 0.171. The fourth-order valence-corrected chi connectivity index (χ4v) is 13.7. The van der Waals surface area contributed by atoms with Crippen LogP contribution in [0.4, 0.5) is 17.1 Å². The Hall–Kier alpha value is -9.38. The topological polar surface area (TPSA) is 17.4 Å². The number of ether oxygens (including phenoxy) is 1. The highest BCUT2D eigenvalue weighted by Crippen LogP contribution is 2.51. The van der Waals surface area contributed by atoms with Gasteiger partial charge in [0.25, 0.3) is 6.71 Å². The monoisotopic (exact) mass is 1110 g/mol. The van der Waals surface area contributed by atoms with Crippen LogP contribution < -0.4 is 26.0 Å². The van der Waals surface area contributed by atoms with Crippen LogP contribution in [0.5, 0.6) is 11.5 Å². The van der Waals surface area contributed by atoms with Crippen LogP contribution in [0.25, 0.3) is 82.8 Å². The molecule has 0 saturated heterocycles. The highest BCUT2D eigenvalue weighted by Gasteiger charge is 2.45. The summed E-state index contributed by atoms with van der Waals surface area (Å²) in [6, 6.07) is 84.6. The summed E-state index contributed by atoms with van der Waals surface area (Å²) in [5, 5.41) is 4.88. The summed E-state index contributed by atoms with van der Waals surface area (Å²) in [5.41, 5.74) is 24.2. The predicted octanol–water partition coefficient (Wildman–Crippen LogP) is 20.7. The second-order valence-corrected chi connectivity index (χ2v) is 27.0. The Morgan fingerprint density at radius 2 is 1.01 bits per heavy atom. The summed E-state index contributed by atoms with van der Waals surface area (Å²) in [6.07, 6.45) is 4.81. The molecular formula is C82H73BN2O. The zero-order valence-electron chi connectivity index (χ0n) is 51.1. The molecule has 0 spiro atoms. The van der Waals surface area contributed by atoms with E-state index in [1.54, 1.807) is 0 Å². The third kappa shape index (κ3) is 9.21. The summed E-state index contributed by atoms with van der Waals surface area (Å²) in [4.78, 5) is 2.59. The number of hydrogen-bond donors (Lipinski definition) is 0. The number of rotatable bonds is 10. The smallest absolute Gasteiger partial charge is 0.256 e. The molecule has 14 rings (SSSR count). The molecule has 0 amide bonds. The van der Waals surface area contributed by atoms with Crippen molar-refractivity contribution in [1.29, 1.82) is 0 Å². The number of hydrogen-bond acceptors (Lipinski definition) is 2. The molecule has 86 heavy (non-hydrogen) atoms. The van der Waals surface area contributed by atoms with Crippen molar-refractivity contribution >= 4 is 72.7 Å². The van der Waals surface area contributed by atoms with Gasteiger partial charge < -0.3 is 14.2 Å². The molecule has 3 heterocycles. The fourth-order valence-electron chi connectivity index (χ4n) is 13.7. The van der Waals surface area contributed by atoms with Gasteiger partial charge in [0.2, 0.25) is 0 Å². The predicted molar refractivity (Wildman–Crippen MR) is 370 cm³/mol. The van der Waals surface area contributed by atoms with Gasteiger partial charge in [-0.3, -0.25) is 0 Å². The van der Waals surface area contributed by atoms with Gasteiger partial charge in [-0.25, -0.2) is 0 Å². The van der Waals surface area contributed by atoms with Crippen LogP contribution in [0.2, 0.25) is 0 Å². The number of benzene rings is 11. The van der Waals surface area contributed by atoms with Gasteiger partial charge in [0.15, 0.2) is 0 Å². The molecule has 0 saturated carbocycles. The minimum atomic E-state index is -0.277. The molecule has 3 nitrogen and oxygen atoms in total. The Morgan fingerprint density at radius 3 is 1.59 bits per heavy atom. The summed E-state index contributed by atoms with van der Waals surface area (Å²) in [5.74, 6) is 1.62. The molecule has 1 aromatic heterocycles. The van der Waals surface area contributed by atoms with Gasteiger partial charge in [0.05, 0.1) is 16.7 Å². The summed E-state index contributed by atoms with van der Waals surface area (Å²) in [6.45, 7) is 29.3. The molecule has 2 aliphatic rings. The van der Waals surface area contributed by atoms with E-state index in [1.807, 2.05) is 6.08 Å². The third-order valence-electron chi connectivity index (χ3n) is 18.3. The maximum absolute atomic E-state index is 7.85. The normalized spacial score (nSPS) is 13.3. The molecule has 0 aliphatic carbocycles. The standard InChI is InChI=1S/C82H73BN2O/c1-12-25-52(13-2)66-48-62(84-71-42-39-60(81(6,7)8)46-67(71)68-47-61(82(9,10)11)40-43-72(68)84)49-70-79(66)86-76-45-58(53-34-37-59(38-35-53)80(3,4)5)44-75-78(76)83(70)69-50-64(54-26-17-14-18-27-54)65(55-28-19-15-20-29-55)51-74(69)85(75)73-41-36-56-30-23-24-33-63(56)77(73)57-31-21-16-22-32-57/h12-24,26-52H,1-2,25H2,3-11H3. The maximum atomic E-state index is 7.85.